The van der Waals surface area contributed by atoms with Crippen LogP contribution in [0.15, 0.2) is 6.07 Å². The molecule has 0 fully saturated rings. The first-order valence-corrected chi connectivity index (χ1v) is 4.87. The van der Waals surface area contributed by atoms with Gasteiger partial charge in [-0.3, -0.25) is 4.79 Å². The van der Waals surface area contributed by atoms with Gasteiger partial charge in [0.05, 0.1) is 19.2 Å². The van der Waals surface area contributed by atoms with Crippen molar-refractivity contribution in [1.82, 2.24) is 4.98 Å². The van der Waals surface area contributed by atoms with Crippen LogP contribution in [0.3, 0.4) is 0 Å². The van der Waals surface area contributed by atoms with E-state index in [1.54, 1.807) is 0 Å². The minimum atomic E-state index is -5.02. The Morgan fingerprint density at radius 1 is 1.47 bits per heavy atom. The molecule has 0 atom stereocenters. The number of ether oxygens (including phenoxy) is 2. The summed E-state index contributed by atoms with van der Waals surface area (Å²) in [5, 5.41) is 8.58. The van der Waals surface area contributed by atoms with Gasteiger partial charge in [-0.1, -0.05) is 0 Å². The van der Waals surface area contributed by atoms with Gasteiger partial charge in [-0.25, -0.2) is 9.37 Å². The number of halogens is 4. The summed E-state index contributed by atoms with van der Waals surface area (Å²) in [6, 6.07) is 0.923. The average molecular weight is 283 g/mol. The molecule has 0 aromatic carbocycles. The van der Waals surface area contributed by atoms with Crippen molar-refractivity contribution in [3.8, 4) is 11.6 Å². The van der Waals surface area contributed by atoms with Gasteiger partial charge in [-0.2, -0.15) is 0 Å². The molecule has 0 radical (unpaired) electrons. The minimum absolute atomic E-state index is 0.172. The molecule has 9 heteroatoms. The Morgan fingerprint density at radius 3 is 2.53 bits per heavy atom. The topological polar surface area (TPSA) is 68.7 Å². The fourth-order valence-corrected chi connectivity index (χ4v) is 1.29. The summed E-state index contributed by atoms with van der Waals surface area (Å²) in [4.78, 5) is 13.9. The van der Waals surface area contributed by atoms with Crippen LogP contribution in [-0.2, 0) is 17.9 Å². The number of nitrogens with zero attached hydrogens (tertiary/aromatic N) is 1. The molecule has 1 aromatic heterocycles. The zero-order valence-corrected chi connectivity index (χ0v) is 9.62. The molecule has 0 amide bonds. The predicted molar refractivity (Wildman–Crippen MR) is 53.6 cm³/mol. The third-order valence-corrected chi connectivity index (χ3v) is 2.02. The number of aromatic nitrogens is 1. The van der Waals surface area contributed by atoms with Gasteiger partial charge in [-0.05, 0) is 6.07 Å². The van der Waals surface area contributed by atoms with Crippen molar-refractivity contribution < 1.29 is 36.9 Å². The van der Waals surface area contributed by atoms with E-state index in [0.717, 1.165) is 13.2 Å². The lowest BCUT2D eigenvalue weighted by Crippen LogP contribution is -2.19. The predicted octanol–water partition coefficient (Wildman–Crippen LogP) is 2.09. The normalized spacial score (nSPS) is 11.2. The van der Waals surface area contributed by atoms with E-state index < -0.39 is 37.1 Å². The van der Waals surface area contributed by atoms with Gasteiger partial charge in [0.25, 0.3) is 5.88 Å². The summed E-state index contributed by atoms with van der Waals surface area (Å²) in [7, 11) is 1.05. The second-order valence-corrected chi connectivity index (χ2v) is 3.35. The van der Waals surface area contributed by atoms with E-state index in [1.165, 1.54) is 0 Å². The first kappa shape index (κ1) is 15.0. The third-order valence-electron chi connectivity index (χ3n) is 2.02. The van der Waals surface area contributed by atoms with Gasteiger partial charge >= 0.3 is 12.3 Å². The summed E-state index contributed by atoms with van der Waals surface area (Å²) >= 11 is 0. The van der Waals surface area contributed by atoms with Crippen LogP contribution in [0.4, 0.5) is 17.6 Å². The van der Waals surface area contributed by atoms with Crippen molar-refractivity contribution in [3.63, 3.8) is 0 Å². The molecule has 1 aromatic rings. The molecule has 0 bridgehead atoms. The maximum atomic E-state index is 12.7. The van der Waals surface area contributed by atoms with Gasteiger partial charge in [0.2, 0.25) is 0 Å². The molecule has 1 N–H and O–H groups in total. The summed E-state index contributed by atoms with van der Waals surface area (Å²) in [6.07, 6.45) is -5.74. The number of pyridine rings is 1. The molecule has 1 heterocycles. The van der Waals surface area contributed by atoms with Crippen LogP contribution in [0.1, 0.15) is 11.3 Å². The van der Waals surface area contributed by atoms with E-state index in [-0.39, 0.29) is 11.3 Å². The molecule has 1 rings (SSSR count). The Balaban J connectivity index is 3.24. The monoisotopic (exact) mass is 283 g/mol. The Labute approximate surface area is 104 Å². The lowest BCUT2D eigenvalue weighted by atomic mass is 10.1. The second-order valence-electron chi connectivity index (χ2n) is 3.35. The largest absolute Gasteiger partial charge is 0.574 e. The molecular formula is C10H9F4NO4. The molecule has 0 aliphatic carbocycles. The Kier molecular flexibility index (Phi) is 4.52. The van der Waals surface area contributed by atoms with Gasteiger partial charge in [0, 0.05) is 5.56 Å². The number of hydrogen-bond donors (Lipinski definition) is 1. The first-order valence-electron chi connectivity index (χ1n) is 4.87. The van der Waals surface area contributed by atoms with Crippen LogP contribution in [0, 0.1) is 0 Å². The zero-order valence-electron chi connectivity index (χ0n) is 9.62. The van der Waals surface area contributed by atoms with Crippen LogP contribution in [0.2, 0.25) is 0 Å². The molecule has 0 aliphatic heterocycles. The summed E-state index contributed by atoms with van der Waals surface area (Å²) < 4.78 is 57.2. The molecule has 0 unspecified atom stereocenters. The number of aliphatic carboxylic acids is 1. The van der Waals surface area contributed by atoms with Gasteiger partial charge < -0.3 is 14.6 Å². The molecule has 0 spiro atoms. The van der Waals surface area contributed by atoms with E-state index in [1.807, 2.05) is 0 Å². The lowest BCUT2D eigenvalue weighted by molar-refractivity contribution is -0.276. The number of carbonyl (C=O) groups is 1. The van der Waals surface area contributed by atoms with Crippen molar-refractivity contribution in [1.29, 1.82) is 0 Å². The molecule has 0 saturated heterocycles. The van der Waals surface area contributed by atoms with Crippen LogP contribution < -0.4 is 9.47 Å². The highest BCUT2D eigenvalue weighted by Gasteiger charge is 2.34. The first-order chi connectivity index (χ1) is 8.76. The van der Waals surface area contributed by atoms with Crippen molar-refractivity contribution >= 4 is 5.97 Å². The van der Waals surface area contributed by atoms with E-state index in [2.05, 4.69) is 14.5 Å². The number of rotatable bonds is 5. The van der Waals surface area contributed by atoms with Crippen LogP contribution in [0.25, 0.3) is 0 Å². The molecule has 106 valence electrons. The number of carboxylic acid groups (broad SMARTS) is 1. The fraction of sp³-hybridized carbons (Fsp3) is 0.400. The number of carboxylic acids is 1. The third kappa shape index (κ3) is 4.27. The molecular weight excluding hydrogens is 274 g/mol. The highest BCUT2D eigenvalue weighted by Crippen LogP contribution is 2.32. The average Bonchev–Trinajstić information content (AvgIpc) is 2.26. The van der Waals surface area contributed by atoms with Crippen molar-refractivity contribution in [2.24, 2.45) is 0 Å². The van der Waals surface area contributed by atoms with Gasteiger partial charge in [0.15, 0.2) is 5.75 Å². The van der Waals surface area contributed by atoms with E-state index in [0.29, 0.717) is 0 Å². The summed E-state index contributed by atoms with van der Waals surface area (Å²) in [5.74, 6) is -2.74. The standard InChI is InChI=1S/C10H9F4NO4/c1-18-7-2-5(4-11)6(3-8(16)17)15-9(7)19-10(12,13)14/h2H,3-4H2,1H3,(H,16,17). The highest BCUT2D eigenvalue weighted by atomic mass is 19.4. The summed E-state index contributed by atoms with van der Waals surface area (Å²) in [6.45, 7) is -1.09. The van der Waals surface area contributed by atoms with Crippen LogP contribution in [0.5, 0.6) is 11.6 Å². The van der Waals surface area contributed by atoms with Crippen LogP contribution >= 0.6 is 0 Å². The quantitative estimate of drug-likeness (QED) is 0.838. The van der Waals surface area contributed by atoms with E-state index >= 15 is 0 Å². The smallest absolute Gasteiger partial charge is 0.491 e. The number of hydrogen-bond acceptors (Lipinski definition) is 4. The zero-order chi connectivity index (χ0) is 14.6. The highest BCUT2D eigenvalue weighted by molar-refractivity contribution is 5.70. The molecule has 0 aliphatic rings. The molecule has 0 saturated carbocycles. The van der Waals surface area contributed by atoms with Gasteiger partial charge in [-0.15, -0.1) is 13.2 Å². The molecule has 5 nitrogen and oxygen atoms in total. The number of alkyl halides is 4. The fourth-order valence-electron chi connectivity index (χ4n) is 1.29. The van der Waals surface area contributed by atoms with Gasteiger partial charge in [0.1, 0.15) is 6.67 Å². The summed E-state index contributed by atoms with van der Waals surface area (Å²) in [5.41, 5.74) is -0.524. The number of methoxy groups -OCH3 is 1. The SMILES string of the molecule is COc1cc(CF)c(CC(=O)O)nc1OC(F)(F)F. The minimum Gasteiger partial charge on any atom is -0.491 e. The van der Waals surface area contributed by atoms with Crippen molar-refractivity contribution in [3.05, 3.63) is 17.3 Å². The van der Waals surface area contributed by atoms with Crippen LogP contribution in [-0.4, -0.2) is 29.5 Å². The Morgan fingerprint density at radius 2 is 2.11 bits per heavy atom. The van der Waals surface area contributed by atoms with Crippen molar-refractivity contribution in [2.75, 3.05) is 7.11 Å². The van der Waals surface area contributed by atoms with E-state index in [4.69, 9.17) is 5.11 Å². The Hall–Kier alpha value is -2.06. The molecule has 19 heavy (non-hydrogen) atoms. The lowest BCUT2D eigenvalue weighted by Gasteiger charge is -2.14. The van der Waals surface area contributed by atoms with Crippen molar-refractivity contribution in [2.45, 2.75) is 19.5 Å². The maximum Gasteiger partial charge on any atom is 0.574 e. The van der Waals surface area contributed by atoms with E-state index in [9.17, 15) is 22.4 Å². The maximum absolute atomic E-state index is 12.7. The second kappa shape index (κ2) is 5.72. The Bertz CT molecular complexity index is 475.